The van der Waals surface area contributed by atoms with Crippen LogP contribution < -0.4 is 10.6 Å². The Kier molecular flexibility index (Phi) is 5.72. The van der Waals surface area contributed by atoms with Crippen LogP contribution in [0.3, 0.4) is 0 Å². The van der Waals surface area contributed by atoms with E-state index in [4.69, 9.17) is 10.4 Å². The molecule has 1 rings (SSSR count). The summed E-state index contributed by atoms with van der Waals surface area (Å²) in [5.41, 5.74) is 0.888. The Morgan fingerprint density at radius 3 is 2.50 bits per heavy atom. The van der Waals surface area contributed by atoms with Crippen LogP contribution in [0.1, 0.15) is 15.9 Å². The highest BCUT2D eigenvalue weighted by atomic mass is 16.4. The molecule has 0 aliphatic carbocycles. The first-order chi connectivity index (χ1) is 9.54. The van der Waals surface area contributed by atoms with Gasteiger partial charge in [-0.05, 0) is 11.6 Å². The smallest absolute Gasteiger partial charge is 0.322 e. The maximum absolute atomic E-state index is 11.9. The van der Waals surface area contributed by atoms with Gasteiger partial charge in [-0.15, -0.1) is 0 Å². The van der Waals surface area contributed by atoms with Crippen LogP contribution in [0.5, 0.6) is 0 Å². The zero-order chi connectivity index (χ0) is 15.0. The second-order valence-corrected chi connectivity index (χ2v) is 3.85. The number of hydrogen-bond donors (Lipinski definition) is 3. The number of rotatable bonds is 6. The first-order valence-corrected chi connectivity index (χ1v) is 5.76. The molecule has 1 aromatic rings. The standard InChI is InChI=1S/C13H13N3O4/c14-6-5-9-3-1-2-4-10(9)13(20)16-7-11(17)15-8-12(18)19/h1-4H,5,7-8H2,(H,15,17)(H,16,20)(H,18,19). The molecule has 7 heteroatoms. The number of nitrogens with one attached hydrogen (secondary N) is 2. The number of carbonyl (C=O) groups is 3. The van der Waals surface area contributed by atoms with Gasteiger partial charge in [-0.3, -0.25) is 14.4 Å². The normalized spacial score (nSPS) is 9.35. The van der Waals surface area contributed by atoms with Gasteiger partial charge in [0.1, 0.15) is 6.54 Å². The predicted molar refractivity (Wildman–Crippen MR) is 68.7 cm³/mol. The van der Waals surface area contributed by atoms with Crippen molar-refractivity contribution in [2.75, 3.05) is 13.1 Å². The Morgan fingerprint density at radius 1 is 1.15 bits per heavy atom. The molecule has 2 amide bonds. The molecule has 1 aromatic carbocycles. The topological polar surface area (TPSA) is 119 Å². The van der Waals surface area contributed by atoms with E-state index < -0.39 is 24.3 Å². The molecule has 0 saturated carbocycles. The van der Waals surface area contributed by atoms with E-state index in [2.05, 4.69) is 10.6 Å². The summed E-state index contributed by atoms with van der Waals surface area (Å²) in [5.74, 6) is -2.25. The lowest BCUT2D eigenvalue weighted by Crippen LogP contribution is -2.39. The van der Waals surface area contributed by atoms with Crippen LogP contribution in [-0.2, 0) is 16.0 Å². The molecule has 0 unspecified atom stereocenters. The molecule has 0 atom stereocenters. The highest BCUT2D eigenvalue weighted by Crippen LogP contribution is 2.08. The minimum Gasteiger partial charge on any atom is -0.480 e. The first-order valence-electron chi connectivity index (χ1n) is 5.76. The lowest BCUT2D eigenvalue weighted by Gasteiger charge is -2.08. The van der Waals surface area contributed by atoms with Crippen molar-refractivity contribution in [1.82, 2.24) is 10.6 Å². The van der Waals surface area contributed by atoms with Crippen molar-refractivity contribution < 1.29 is 19.5 Å². The molecule has 3 N–H and O–H groups in total. The van der Waals surface area contributed by atoms with Crippen LogP contribution in [0.25, 0.3) is 0 Å². The maximum atomic E-state index is 11.9. The molecule has 0 radical (unpaired) electrons. The number of amides is 2. The van der Waals surface area contributed by atoms with Crippen LogP contribution in [-0.4, -0.2) is 36.0 Å². The van der Waals surface area contributed by atoms with E-state index in [1.807, 2.05) is 6.07 Å². The van der Waals surface area contributed by atoms with E-state index in [0.717, 1.165) is 0 Å². The van der Waals surface area contributed by atoms with Crippen LogP contribution in [0, 0.1) is 11.3 Å². The molecular weight excluding hydrogens is 262 g/mol. The molecule has 7 nitrogen and oxygen atoms in total. The average Bonchev–Trinajstić information content (AvgIpc) is 2.43. The van der Waals surface area contributed by atoms with Crippen molar-refractivity contribution in [3.05, 3.63) is 35.4 Å². The molecule has 0 spiro atoms. The van der Waals surface area contributed by atoms with Gasteiger partial charge in [0.2, 0.25) is 5.91 Å². The third-order valence-electron chi connectivity index (χ3n) is 2.38. The number of hydrogen-bond acceptors (Lipinski definition) is 4. The summed E-state index contributed by atoms with van der Waals surface area (Å²) in [6.07, 6.45) is 0.0921. The fourth-order valence-corrected chi connectivity index (χ4v) is 1.47. The molecule has 0 bridgehead atoms. The second-order valence-electron chi connectivity index (χ2n) is 3.85. The summed E-state index contributed by atoms with van der Waals surface area (Å²) < 4.78 is 0. The number of nitrogens with zero attached hydrogens (tertiary/aromatic N) is 1. The quantitative estimate of drug-likeness (QED) is 0.657. The molecule has 0 fully saturated rings. The SMILES string of the molecule is N#CCc1ccccc1C(=O)NCC(=O)NCC(=O)O. The second kappa shape index (κ2) is 7.53. The Balaban J connectivity index is 2.57. The highest BCUT2D eigenvalue weighted by Gasteiger charge is 2.12. The highest BCUT2D eigenvalue weighted by molar-refractivity contribution is 5.98. The number of nitriles is 1. The number of carbonyl (C=O) groups excluding carboxylic acids is 2. The van der Waals surface area contributed by atoms with E-state index in [1.165, 1.54) is 0 Å². The lowest BCUT2D eigenvalue weighted by atomic mass is 10.0. The summed E-state index contributed by atoms with van der Waals surface area (Å²) in [6, 6.07) is 8.52. The molecule has 0 aliphatic heterocycles. The Bertz CT molecular complexity index is 563. The van der Waals surface area contributed by atoms with Crippen molar-refractivity contribution in [1.29, 1.82) is 5.26 Å². The van der Waals surface area contributed by atoms with Crippen molar-refractivity contribution in [2.45, 2.75) is 6.42 Å². The lowest BCUT2D eigenvalue weighted by molar-refractivity contribution is -0.137. The predicted octanol–water partition coefficient (Wildman–Crippen LogP) is -0.317. The molecule has 0 aromatic heterocycles. The van der Waals surface area contributed by atoms with Crippen LogP contribution >= 0.6 is 0 Å². The maximum Gasteiger partial charge on any atom is 0.322 e. The zero-order valence-electron chi connectivity index (χ0n) is 10.5. The third-order valence-corrected chi connectivity index (χ3v) is 2.38. The summed E-state index contributed by atoms with van der Waals surface area (Å²) in [4.78, 5) is 33.4. The van der Waals surface area contributed by atoms with Crippen molar-refractivity contribution in [3.63, 3.8) is 0 Å². The van der Waals surface area contributed by atoms with Gasteiger partial charge >= 0.3 is 5.97 Å². The van der Waals surface area contributed by atoms with Crippen LogP contribution in [0.15, 0.2) is 24.3 Å². The van der Waals surface area contributed by atoms with E-state index in [0.29, 0.717) is 11.1 Å². The monoisotopic (exact) mass is 275 g/mol. The molecule has 0 heterocycles. The van der Waals surface area contributed by atoms with Gasteiger partial charge in [-0.1, -0.05) is 18.2 Å². The number of benzene rings is 1. The largest absolute Gasteiger partial charge is 0.480 e. The van der Waals surface area contributed by atoms with Crippen molar-refractivity contribution in [3.8, 4) is 6.07 Å². The van der Waals surface area contributed by atoms with E-state index in [9.17, 15) is 14.4 Å². The molecule has 104 valence electrons. The average molecular weight is 275 g/mol. The van der Waals surface area contributed by atoms with Crippen LogP contribution in [0.4, 0.5) is 0 Å². The first kappa shape index (κ1) is 15.2. The molecule has 0 aliphatic rings. The third kappa shape index (κ3) is 4.78. The Morgan fingerprint density at radius 2 is 1.85 bits per heavy atom. The fourth-order valence-electron chi connectivity index (χ4n) is 1.47. The van der Waals surface area contributed by atoms with Crippen LogP contribution in [0.2, 0.25) is 0 Å². The van der Waals surface area contributed by atoms with Crippen molar-refractivity contribution >= 4 is 17.8 Å². The summed E-state index contributed by atoms with van der Waals surface area (Å²) in [5, 5.41) is 21.5. The summed E-state index contributed by atoms with van der Waals surface area (Å²) in [6.45, 7) is -0.827. The van der Waals surface area contributed by atoms with Gasteiger partial charge in [0.25, 0.3) is 5.91 Å². The Hall–Kier alpha value is -2.88. The fraction of sp³-hybridized carbons (Fsp3) is 0.231. The number of aliphatic carboxylic acids is 1. The number of carboxylic acids is 1. The van der Waals surface area contributed by atoms with Gasteiger partial charge in [-0.2, -0.15) is 5.26 Å². The molecule has 0 saturated heterocycles. The van der Waals surface area contributed by atoms with Crippen molar-refractivity contribution in [2.24, 2.45) is 0 Å². The number of carboxylic acid groups (broad SMARTS) is 1. The van der Waals surface area contributed by atoms with Gasteiger partial charge < -0.3 is 15.7 Å². The van der Waals surface area contributed by atoms with E-state index >= 15 is 0 Å². The van der Waals surface area contributed by atoms with Gasteiger partial charge in [0, 0.05) is 5.56 Å². The van der Waals surface area contributed by atoms with Gasteiger partial charge in [0.05, 0.1) is 19.0 Å². The molecule has 20 heavy (non-hydrogen) atoms. The Labute approximate surface area is 115 Å². The van der Waals surface area contributed by atoms with E-state index in [1.54, 1.807) is 24.3 Å². The molecular formula is C13H13N3O4. The zero-order valence-corrected chi connectivity index (χ0v) is 10.5. The minimum atomic E-state index is -1.16. The summed E-state index contributed by atoms with van der Waals surface area (Å²) >= 11 is 0. The van der Waals surface area contributed by atoms with E-state index in [-0.39, 0.29) is 13.0 Å². The van der Waals surface area contributed by atoms with Gasteiger partial charge in [-0.25, -0.2) is 0 Å². The summed E-state index contributed by atoms with van der Waals surface area (Å²) in [7, 11) is 0. The minimum absolute atomic E-state index is 0.0921. The van der Waals surface area contributed by atoms with Gasteiger partial charge in [0.15, 0.2) is 0 Å².